The van der Waals surface area contributed by atoms with E-state index in [4.69, 9.17) is 4.74 Å². The van der Waals surface area contributed by atoms with Crippen LogP contribution in [0.15, 0.2) is 24.3 Å². The van der Waals surface area contributed by atoms with Crippen LogP contribution in [-0.4, -0.2) is 30.9 Å². The molecule has 2 atom stereocenters. The molecule has 1 aromatic carbocycles. The molecule has 0 heterocycles. The lowest BCUT2D eigenvalue weighted by molar-refractivity contribution is 0.105. The van der Waals surface area contributed by atoms with Crippen molar-refractivity contribution in [1.29, 1.82) is 0 Å². The molecule has 1 rings (SSSR count). The fourth-order valence-corrected chi connectivity index (χ4v) is 1.53. The van der Waals surface area contributed by atoms with Crippen LogP contribution in [0, 0.1) is 12.8 Å². The number of benzene rings is 1. The molecule has 102 valence electrons. The highest BCUT2D eigenvalue weighted by Crippen LogP contribution is 2.11. The van der Waals surface area contributed by atoms with Crippen molar-refractivity contribution >= 4 is 0 Å². The lowest BCUT2D eigenvalue weighted by atomic mass is 10.1. The van der Waals surface area contributed by atoms with Crippen molar-refractivity contribution in [2.75, 3.05) is 19.7 Å². The van der Waals surface area contributed by atoms with Crippen LogP contribution in [0.4, 0.5) is 0 Å². The number of aliphatic hydroxyl groups excluding tert-OH is 1. The Hall–Kier alpha value is -1.06. The monoisotopic (exact) mass is 251 g/mol. The Morgan fingerprint density at radius 3 is 2.50 bits per heavy atom. The van der Waals surface area contributed by atoms with Gasteiger partial charge < -0.3 is 15.2 Å². The highest BCUT2D eigenvalue weighted by molar-refractivity contribution is 5.26. The first-order valence-corrected chi connectivity index (χ1v) is 6.70. The number of hydrogen-bond donors (Lipinski definition) is 2. The molecular formula is C15H25NO2. The van der Waals surface area contributed by atoms with Crippen LogP contribution in [0.1, 0.15) is 25.8 Å². The largest absolute Gasteiger partial charge is 0.491 e. The fraction of sp³-hybridized carbons (Fsp3) is 0.600. The quantitative estimate of drug-likeness (QED) is 0.745. The van der Waals surface area contributed by atoms with Crippen LogP contribution in [0.3, 0.4) is 0 Å². The SMILES string of the molecule is CCC(C)CNCC(O)COc1ccc(C)cc1. The molecule has 0 saturated heterocycles. The second-order valence-electron chi connectivity index (χ2n) is 4.95. The summed E-state index contributed by atoms with van der Waals surface area (Å²) >= 11 is 0. The van der Waals surface area contributed by atoms with Crippen LogP contribution in [-0.2, 0) is 0 Å². The average molecular weight is 251 g/mol. The predicted molar refractivity (Wildman–Crippen MR) is 75.0 cm³/mol. The van der Waals surface area contributed by atoms with Gasteiger partial charge in [-0.15, -0.1) is 0 Å². The van der Waals surface area contributed by atoms with Gasteiger partial charge in [0.2, 0.25) is 0 Å². The van der Waals surface area contributed by atoms with Crippen molar-refractivity contribution in [2.24, 2.45) is 5.92 Å². The molecule has 0 amide bonds. The minimum atomic E-state index is -0.463. The molecule has 18 heavy (non-hydrogen) atoms. The number of nitrogens with one attached hydrogen (secondary N) is 1. The molecule has 0 spiro atoms. The fourth-order valence-electron chi connectivity index (χ4n) is 1.53. The van der Waals surface area contributed by atoms with E-state index in [1.54, 1.807) is 0 Å². The molecule has 3 heteroatoms. The van der Waals surface area contributed by atoms with Gasteiger partial charge in [-0.25, -0.2) is 0 Å². The molecule has 0 aliphatic heterocycles. The average Bonchev–Trinajstić information content (AvgIpc) is 2.38. The van der Waals surface area contributed by atoms with E-state index in [9.17, 15) is 5.11 Å². The Labute approximate surface area is 110 Å². The predicted octanol–water partition coefficient (Wildman–Crippen LogP) is 2.37. The van der Waals surface area contributed by atoms with Crippen molar-refractivity contribution in [3.05, 3.63) is 29.8 Å². The molecule has 2 unspecified atom stereocenters. The van der Waals surface area contributed by atoms with E-state index in [0.717, 1.165) is 18.7 Å². The van der Waals surface area contributed by atoms with Crippen molar-refractivity contribution in [2.45, 2.75) is 33.3 Å². The summed E-state index contributed by atoms with van der Waals surface area (Å²) in [4.78, 5) is 0. The van der Waals surface area contributed by atoms with E-state index in [2.05, 4.69) is 19.2 Å². The maximum absolute atomic E-state index is 9.76. The molecule has 0 fully saturated rings. The third-order valence-corrected chi connectivity index (χ3v) is 3.03. The Balaban J connectivity index is 2.16. The first-order valence-electron chi connectivity index (χ1n) is 6.70. The molecule has 0 bridgehead atoms. The minimum Gasteiger partial charge on any atom is -0.491 e. The van der Waals surface area contributed by atoms with E-state index in [0.29, 0.717) is 19.1 Å². The summed E-state index contributed by atoms with van der Waals surface area (Å²) in [5.41, 5.74) is 1.21. The van der Waals surface area contributed by atoms with Crippen LogP contribution in [0.5, 0.6) is 5.75 Å². The summed E-state index contributed by atoms with van der Waals surface area (Å²) in [6.07, 6.45) is 0.693. The summed E-state index contributed by atoms with van der Waals surface area (Å²) in [5, 5.41) is 13.0. The van der Waals surface area contributed by atoms with Gasteiger partial charge >= 0.3 is 0 Å². The Morgan fingerprint density at radius 2 is 1.89 bits per heavy atom. The van der Waals surface area contributed by atoms with Gasteiger partial charge in [-0.2, -0.15) is 0 Å². The van der Waals surface area contributed by atoms with Gasteiger partial charge in [0.25, 0.3) is 0 Å². The molecule has 0 radical (unpaired) electrons. The third-order valence-electron chi connectivity index (χ3n) is 3.03. The zero-order valence-corrected chi connectivity index (χ0v) is 11.6. The summed E-state index contributed by atoms with van der Waals surface area (Å²) in [6, 6.07) is 7.86. The first-order chi connectivity index (χ1) is 8.61. The smallest absolute Gasteiger partial charge is 0.119 e. The highest BCUT2D eigenvalue weighted by atomic mass is 16.5. The number of hydrogen-bond acceptors (Lipinski definition) is 3. The van der Waals surface area contributed by atoms with E-state index in [1.807, 2.05) is 31.2 Å². The van der Waals surface area contributed by atoms with E-state index >= 15 is 0 Å². The second-order valence-corrected chi connectivity index (χ2v) is 4.95. The second kappa shape index (κ2) is 8.11. The Morgan fingerprint density at radius 1 is 1.22 bits per heavy atom. The van der Waals surface area contributed by atoms with Gasteiger partial charge in [0.15, 0.2) is 0 Å². The molecule has 0 aliphatic carbocycles. The molecule has 2 N–H and O–H groups in total. The topological polar surface area (TPSA) is 41.5 Å². The first kappa shape index (κ1) is 15.0. The molecule has 3 nitrogen and oxygen atoms in total. The number of ether oxygens (including phenoxy) is 1. The standard InChI is InChI=1S/C15H25NO2/c1-4-12(2)9-16-10-14(17)11-18-15-7-5-13(3)6-8-15/h5-8,12,14,16-17H,4,9-11H2,1-3H3. The molecule has 0 aromatic heterocycles. The van der Waals surface area contributed by atoms with Crippen LogP contribution < -0.4 is 10.1 Å². The van der Waals surface area contributed by atoms with Crippen molar-refractivity contribution < 1.29 is 9.84 Å². The summed E-state index contributed by atoms with van der Waals surface area (Å²) in [7, 11) is 0. The lowest BCUT2D eigenvalue weighted by Gasteiger charge is -2.15. The molecule has 1 aromatic rings. The van der Waals surface area contributed by atoms with Crippen LogP contribution >= 0.6 is 0 Å². The van der Waals surface area contributed by atoms with Crippen LogP contribution in [0.2, 0.25) is 0 Å². The van der Waals surface area contributed by atoms with Gasteiger partial charge in [-0.05, 0) is 31.5 Å². The van der Waals surface area contributed by atoms with E-state index in [1.165, 1.54) is 5.56 Å². The maximum atomic E-state index is 9.76. The third kappa shape index (κ3) is 6.03. The minimum absolute atomic E-state index is 0.330. The normalized spacial score (nSPS) is 14.2. The van der Waals surface area contributed by atoms with Gasteiger partial charge in [0, 0.05) is 6.54 Å². The van der Waals surface area contributed by atoms with Crippen molar-refractivity contribution in [1.82, 2.24) is 5.32 Å². The van der Waals surface area contributed by atoms with Gasteiger partial charge in [-0.3, -0.25) is 0 Å². The number of aliphatic hydroxyl groups is 1. The zero-order chi connectivity index (χ0) is 13.4. The summed E-state index contributed by atoms with van der Waals surface area (Å²) in [5.74, 6) is 1.46. The number of rotatable bonds is 8. The van der Waals surface area contributed by atoms with Gasteiger partial charge in [0.05, 0.1) is 0 Å². The van der Waals surface area contributed by atoms with E-state index < -0.39 is 6.10 Å². The number of aryl methyl sites for hydroxylation is 1. The summed E-state index contributed by atoms with van der Waals surface area (Å²) < 4.78 is 5.52. The van der Waals surface area contributed by atoms with Crippen molar-refractivity contribution in [3.63, 3.8) is 0 Å². The van der Waals surface area contributed by atoms with Crippen molar-refractivity contribution in [3.8, 4) is 5.75 Å². The molecule has 0 aliphatic rings. The van der Waals surface area contributed by atoms with E-state index in [-0.39, 0.29) is 0 Å². The lowest BCUT2D eigenvalue weighted by Crippen LogP contribution is -2.33. The highest BCUT2D eigenvalue weighted by Gasteiger charge is 2.06. The molecule has 0 saturated carbocycles. The molecular weight excluding hydrogens is 226 g/mol. The van der Waals surface area contributed by atoms with Crippen LogP contribution in [0.25, 0.3) is 0 Å². The van der Waals surface area contributed by atoms with Gasteiger partial charge in [-0.1, -0.05) is 38.0 Å². The summed E-state index contributed by atoms with van der Waals surface area (Å²) in [6.45, 7) is 8.26. The Bertz CT molecular complexity index is 324. The zero-order valence-electron chi connectivity index (χ0n) is 11.6. The van der Waals surface area contributed by atoms with Gasteiger partial charge in [0.1, 0.15) is 18.5 Å². The Kier molecular flexibility index (Phi) is 6.76. The maximum Gasteiger partial charge on any atom is 0.119 e.